The molecule has 96 valence electrons. The number of benzene rings is 1. The number of amides is 1. The largest absolute Gasteiger partial charge is 0.359 e. The van der Waals surface area contributed by atoms with Crippen molar-refractivity contribution < 1.29 is 4.79 Å². The van der Waals surface area contributed by atoms with Crippen LogP contribution >= 0.6 is 0 Å². The molecule has 0 saturated carbocycles. The molecule has 0 bridgehead atoms. The second-order valence-corrected chi connectivity index (χ2v) is 4.51. The third-order valence-electron chi connectivity index (χ3n) is 3.10. The molecule has 5 nitrogen and oxygen atoms in total. The number of nitrogens with zero attached hydrogens (tertiary/aromatic N) is 2. The minimum absolute atomic E-state index is 0.161. The highest BCUT2D eigenvalue weighted by Gasteiger charge is 2.12. The van der Waals surface area contributed by atoms with E-state index in [-0.39, 0.29) is 5.91 Å². The van der Waals surface area contributed by atoms with Crippen molar-refractivity contribution in [3.05, 3.63) is 47.9 Å². The number of carbonyl (C=O) groups excluding carboxylic acids is 1. The molecule has 3 rings (SSSR count). The van der Waals surface area contributed by atoms with Crippen molar-refractivity contribution in [2.45, 2.75) is 6.92 Å². The van der Waals surface area contributed by atoms with Crippen LogP contribution in [0.1, 0.15) is 16.2 Å². The van der Waals surface area contributed by atoms with E-state index in [0.29, 0.717) is 5.69 Å². The van der Waals surface area contributed by atoms with Crippen LogP contribution in [0, 0.1) is 6.92 Å². The Morgan fingerprint density at radius 1 is 1.37 bits per heavy atom. The Hall–Kier alpha value is -2.56. The molecule has 0 fully saturated rings. The smallest absolute Gasteiger partial charge is 0.273 e. The Morgan fingerprint density at radius 3 is 2.95 bits per heavy atom. The highest BCUT2D eigenvalue weighted by Crippen LogP contribution is 2.24. The molecule has 0 aliphatic rings. The highest BCUT2D eigenvalue weighted by atomic mass is 16.2. The van der Waals surface area contributed by atoms with E-state index in [0.717, 1.165) is 22.3 Å². The molecule has 2 N–H and O–H groups in total. The van der Waals surface area contributed by atoms with Crippen molar-refractivity contribution in [1.29, 1.82) is 0 Å². The van der Waals surface area contributed by atoms with Gasteiger partial charge in [-0.3, -0.25) is 9.48 Å². The van der Waals surface area contributed by atoms with E-state index >= 15 is 0 Å². The molecule has 2 heterocycles. The summed E-state index contributed by atoms with van der Waals surface area (Å²) in [4.78, 5) is 15.4. The van der Waals surface area contributed by atoms with Crippen molar-refractivity contribution in [3.63, 3.8) is 0 Å². The first-order valence-electron chi connectivity index (χ1n) is 6.03. The third kappa shape index (κ3) is 1.99. The first-order chi connectivity index (χ1) is 9.15. The van der Waals surface area contributed by atoms with Gasteiger partial charge in [0.1, 0.15) is 5.69 Å². The van der Waals surface area contributed by atoms with E-state index in [2.05, 4.69) is 15.4 Å². The lowest BCUT2D eigenvalue weighted by molar-refractivity contribution is 0.101. The standard InChI is InChI=1S/C14H14N4O/c1-9-8-10-11(16-9)4-3-5-12(10)17-14(19)13-6-7-15-18(13)2/h3-8,16H,1-2H3,(H,17,19). The minimum atomic E-state index is -0.161. The molecule has 0 atom stereocenters. The van der Waals surface area contributed by atoms with Gasteiger partial charge in [0.25, 0.3) is 5.91 Å². The van der Waals surface area contributed by atoms with E-state index in [1.54, 1.807) is 24.0 Å². The van der Waals surface area contributed by atoms with Gasteiger partial charge in [0.15, 0.2) is 0 Å². The van der Waals surface area contributed by atoms with Gasteiger partial charge in [-0.2, -0.15) is 5.10 Å². The summed E-state index contributed by atoms with van der Waals surface area (Å²) < 4.78 is 1.55. The lowest BCUT2D eigenvalue weighted by atomic mass is 10.2. The van der Waals surface area contributed by atoms with Gasteiger partial charge in [0.05, 0.1) is 5.69 Å². The van der Waals surface area contributed by atoms with Gasteiger partial charge >= 0.3 is 0 Å². The normalized spacial score (nSPS) is 10.8. The maximum absolute atomic E-state index is 12.2. The van der Waals surface area contributed by atoms with E-state index in [4.69, 9.17) is 0 Å². The van der Waals surface area contributed by atoms with E-state index in [1.807, 2.05) is 31.2 Å². The Kier molecular flexibility index (Phi) is 2.59. The molecular weight excluding hydrogens is 240 g/mol. The number of H-pyrrole nitrogens is 1. The lowest BCUT2D eigenvalue weighted by Crippen LogP contribution is -2.16. The molecule has 3 aromatic rings. The Morgan fingerprint density at radius 2 is 2.21 bits per heavy atom. The Bertz CT molecular complexity index is 754. The number of aromatic nitrogens is 3. The highest BCUT2D eigenvalue weighted by molar-refractivity contribution is 6.08. The summed E-state index contributed by atoms with van der Waals surface area (Å²) in [5.74, 6) is -0.161. The van der Waals surface area contributed by atoms with Crippen LogP contribution in [0.4, 0.5) is 5.69 Å². The zero-order chi connectivity index (χ0) is 13.4. The molecule has 1 aromatic carbocycles. The number of hydrogen-bond donors (Lipinski definition) is 2. The molecule has 0 unspecified atom stereocenters. The summed E-state index contributed by atoms with van der Waals surface area (Å²) in [6, 6.07) is 9.51. The van der Waals surface area contributed by atoms with Crippen LogP contribution in [0.5, 0.6) is 0 Å². The number of anilines is 1. The van der Waals surface area contributed by atoms with Crippen LogP contribution in [0.25, 0.3) is 10.9 Å². The number of hydrogen-bond acceptors (Lipinski definition) is 2. The summed E-state index contributed by atoms with van der Waals surface area (Å²) >= 11 is 0. The Labute approximate surface area is 110 Å². The van der Waals surface area contributed by atoms with Gasteiger partial charge in [0.2, 0.25) is 0 Å². The van der Waals surface area contributed by atoms with Gasteiger partial charge in [-0.25, -0.2) is 0 Å². The fraction of sp³-hybridized carbons (Fsp3) is 0.143. The van der Waals surface area contributed by atoms with Gasteiger partial charge in [-0.1, -0.05) is 6.07 Å². The predicted octanol–water partition coefficient (Wildman–Crippen LogP) is 2.46. The molecule has 5 heteroatoms. The first-order valence-corrected chi connectivity index (χ1v) is 6.03. The van der Waals surface area contributed by atoms with Gasteiger partial charge < -0.3 is 10.3 Å². The fourth-order valence-electron chi connectivity index (χ4n) is 2.19. The Balaban J connectivity index is 1.98. The zero-order valence-electron chi connectivity index (χ0n) is 10.8. The van der Waals surface area contributed by atoms with E-state index in [1.165, 1.54) is 0 Å². The number of rotatable bonds is 2. The van der Waals surface area contributed by atoms with Crippen molar-refractivity contribution in [3.8, 4) is 0 Å². The first kappa shape index (κ1) is 11.5. The number of nitrogens with one attached hydrogen (secondary N) is 2. The summed E-state index contributed by atoms with van der Waals surface area (Å²) in [6.45, 7) is 1.99. The maximum Gasteiger partial charge on any atom is 0.273 e. The fourth-order valence-corrected chi connectivity index (χ4v) is 2.19. The van der Waals surface area contributed by atoms with Crippen molar-refractivity contribution in [1.82, 2.24) is 14.8 Å². The topological polar surface area (TPSA) is 62.7 Å². The van der Waals surface area contributed by atoms with Crippen LogP contribution < -0.4 is 5.32 Å². The SMILES string of the molecule is Cc1cc2c(NC(=O)c3ccnn3C)cccc2[nH]1. The molecule has 1 amide bonds. The number of fused-ring (bicyclic) bond motifs is 1. The molecular formula is C14H14N4O. The van der Waals surface area contributed by atoms with Crippen molar-refractivity contribution >= 4 is 22.5 Å². The van der Waals surface area contributed by atoms with Crippen LogP contribution in [-0.4, -0.2) is 20.7 Å². The number of aromatic amines is 1. The van der Waals surface area contributed by atoms with Crippen molar-refractivity contribution in [2.24, 2.45) is 7.05 Å². The average Bonchev–Trinajstić information content (AvgIpc) is 2.94. The van der Waals surface area contributed by atoms with Gasteiger partial charge in [0, 0.05) is 29.8 Å². The third-order valence-corrected chi connectivity index (χ3v) is 3.10. The van der Waals surface area contributed by atoms with Gasteiger partial charge in [-0.15, -0.1) is 0 Å². The number of aryl methyl sites for hydroxylation is 2. The minimum Gasteiger partial charge on any atom is -0.359 e. The average molecular weight is 254 g/mol. The second kappa shape index (κ2) is 4.28. The van der Waals surface area contributed by atoms with E-state index < -0.39 is 0 Å². The molecule has 0 aliphatic carbocycles. The number of carbonyl (C=O) groups is 1. The summed E-state index contributed by atoms with van der Waals surface area (Å²) in [5.41, 5.74) is 3.41. The van der Waals surface area contributed by atoms with Crippen LogP contribution in [0.3, 0.4) is 0 Å². The molecule has 0 aliphatic heterocycles. The maximum atomic E-state index is 12.2. The van der Waals surface area contributed by atoms with E-state index in [9.17, 15) is 4.79 Å². The van der Waals surface area contributed by atoms with Crippen LogP contribution in [0.15, 0.2) is 36.5 Å². The van der Waals surface area contributed by atoms with Crippen LogP contribution in [0.2, 0.25) is 0 Å². The predicted molar refractivity (Wildman–Crippen MR) is 74.2 cm³/mol. The van der Waals surface area contributed by atoms with Crippen LogP contribution in [-0.2, 0) is 7.05 Å². The molecule has 0 saturated heterocycles. The molecule has 0 radical (unpaired) electrons. The summed E-state index contributed by atoms with van der Waals surface area (Å²) in [5, 5.41) is 7.93. The quantitative estimate of drug-likeness (QED) is 0.738. The molecule has 2 aromatic heterocycles. The van der Waals surface area contributed by atoms with Gasteiger partial charge in [-0.05, 0) is 31.2 Å². The zero-order valence-corrected chi connectivity index (χ0v) is 10.8. The summed E-state index contributed by atoms with van der Waals surface area (Å²) in [7, 11) is 1.75. The molecule has 19 heavy (non-hydrogen) atoms. The summed E-state index contributed by atoms with van der Waals surface area (Å²) in [6.07, 6.45) is 1.61. The second-order valence-electron chi connectivity index (χ2n) is 4.51. The monoisotopic (exact) mass is 254 g/mol. The lowest BCUT2D eigenvalue weighted by Gasteiger charge is -2.06. The molecule has 0 spiro atoms. The van der Waals surface area contributed by atoms with Crippen molar-refractivity contribution in [2.75, 3.05) is 5.32 Å².